The van der Waals surface area contributed by atoms with Crippen molar-refractivity contribution >= 4 is 8.56 Å². The normalized spacial score (nSPS) is 26.4. The summed E-state index contributed by atoms with van der Waals surface area (Å²) in [7, 11) is -1.28. The zero-order chi connectivity index (χ0) is 26.3. The van der Waals surface area contributed by atoms with Crippen molar-refractivity contribution in [2.45, 2.75) is 82.6 Å². The Morgan fingerprint density at radius 1 is 0.944 bits per heavy atom. The van der Waals surface area contributed by atoms with Crippen molar-refractivity contribution < 1.29 is 33.3 Å². The first kappa shape index (κ1) is 28.6. The molecule has 0 aromatic heterocycles. The molecule has 2 aromatic rings. The van der Waals surface area contributed by atoms with Crippen molar-refractivity contribution in [1.82, 2.24) is 0 Å². The van der Waals surface area contributed by atoms with E-state index in [0.29, 0.717) is 12.4 Å². The van der Waals surface area contributed by atoms with Gasteiger partial charge in [-0.2, -0.15) is 0 Å². The molecule has 1 aliphatic rings. The van der Waals surface area contributed by atoms with E-state index in [1.54, 1.807) is 14.0 Å². The van der Waals surface area contributed by atoms with E-state index in [1.165, 1.54) is 0 Å². The van der Waals surface area contributed by atoms with E-state index in [9.17, 15) is 10.2 Å². The van der Waals surface area contributed by atoms with Crippen molar-refractivity contribution in [1.29, 1.82) is 0 Å². The third kappa shape index (κ3) is 6.88. The molecule has 0 radical (unpaired) electrons. The van der Waals surface area contributed by atoms with Gasteiger partial charge in [-0.3, -0.25) is 0 Å². The lowest BCUT2D eigenvalue weighted by atomic mass is 9.89. The van der Waals surface area contributed by atoms with E-state index in [1.807, 2.05) is 54.6 Å². The highest BCUT2D eigenvalue weighted by molar-refractivity contribution is 6.70. The molecule has 0 saturated carbocycles. The summed E-state index contributed by atoms with van der Waals surface area (Å²) in [4.78, 5) is 0. The molecule has 3 rings (SSSR count). The average Bonchev–Trinajstić information content (AvgIpc) is 2.85. The van der Waals surface area contributed by atoms with Gasteiger partial charge in [-0.25, -0.2) is 0 Å². The molecule has 2 aromatic carbocycles. The van der Waals surface area contributed by atoms with E-state index >= 15 is 0 Å². The number of aliphatic hydroxyl groups excluding tert-OH is 1. The Kier molecular flexibility index (Phi) is 9.97. The molecule has 36 heavy (non-hydrogen) atoms. The summed E-state index contributed by atoms with van der Waals surface area (Å²) in [5, 5.41) is 22.6. The molecule has 200 valence electrons. The van der Waals surface area contributed by atoms with Crippen LogP contribution in [0.15, 0.2) is 54.6 Å². The molecular formula is C28H42O7Si. The highest BCUT2D eigenvalue weighted by Gasteiger charge is 2.55. The molecule has 0 aliphatic carbocycles. The summed E-state index contributed by atoms with van der Waals surface area (Å²) in [6.07, 6.45) is -2.05. The number of ether oxygens (including phenoxy) is 3. The van der Waals surface area contributed by atoms with Gasteiger partial charge in [0, 0.05) is 6.42 Å². The van der Waals surface area contributed by atoms with Gasteiger partial charge in [-0.05, 0) is 47.8 Å². The second-order valence-corrected chi connectivity index (χ2v) is 14.6. The number of methoxy groups -OCH3 is 1. The van der Waals surface area contributed by atoms with Crippen LogP contribution in [0, 0.1) is 0 Å². The van der Waals surface area contributed by atoms with E-state index in [0.717, 1.165) is 11.3 Å². The Balaban J connectivity index is 1.79. The topological polar surface area (TPSA) is 86.6 Å². The SMILES string of the molecule is COc1ccc(OC[C@@H]2C[C@H](O)[C@](C)(O)[C@@H](COCc3ccccc3)O[Si](C(C)C)(C(C)C)O2)cc1. The Hall–Kier alpha value is -1.94. The highest BCUT2D eigenvalue weighted by Crippen LogP contribution is 2.41. The Bertz CT molecular complexity index is 909. The van der Waals surface area contributed by atoms with Crippen molar-refractivity contribution in [3.8, 4) is 11.5 Å². The fourth-order valence-corrected chi connectivity index (χ4v) is 8.53. The van der Waals surface area contributed by atoms with Crippen LogP contribution >= 0.6 is 0 Å². The first-order valence-electron chi connectivity index (χ1n) is 12.7. The van der Waals surface area contributed by atoms with Crippen LogP contribution in [-0.2, 0) is 20.2 Å². The van der Waals surface area contributed by atoms with Gasteiger partial charge in [0.25, 0.3) is 0 Å². The summed E-state index contributed by atoms with van der Waals surface area (Å²) in [6, 6.07) is 17.2. The summed E-state index contributed by atoms with van der Waals surface area (Å²) in [6.45, 7) is 10.8. The fraction of sp³-hybridized carbons (Fsp3) is 0.571. The Morgan fingerprint density at radius 3 is 2.14 bits per heavy atom. The molecule has 8 heteroatoms. The maximum Gasteiger partial charge on any atom is 0.344 e. The molecule has 4 atom stereocenters. The number of hydrogen-bond acceptors (Lipinski definition) is 7. The third-order valence-corrected chi connectivity index (χ3v) is 11.5. The zero-order valence-electron chi connectivity index (χ0n) is 22.3. The first-order valence-corrected chi connectivity index (χ1v) is 14.7. The summed E-state index contributed by atoms with van der Waals surface area (Å²) < 4.78 is 30.7. The second-order valence-electron chi connectivity index (χ2n) is 10.3. The van der Waals surface area contributed by atoms with Crippen LogP contribution in [0.4, 0.5) is 0 Å². The van der Waals surface area contributed by atoms with Gasteiger partial charge >= 0.3 is 8.56 Å². The predicted octanol–water partition coefficient (Wildman–Crippen LogP) is 4.84. The molecular weight excluding hydrogens is 476 g/mol. The van der Waals surface area contributed by atoms with Gasteiger partial charge in [0.1, 0.15) is 29.8 Å². The van der Waals surface area contributed by atoms with Crippen molar-refractivity contribution in [2.75, 3.05) is 20.3 Å². The maximum atomic E-state index is 11.5. The lowest BCUT2D eigenvalue weighted by molar-refractivity contribution is -0.177. The van der Waals surface area contributed by atoms with Crippen molar-refractivity contribution in [3.05, 3.63) is 60.2 Å². The monoisotopic (exact) mass is 518 g/mol. The number of hydrogen-bond donors (Lipinski definition) is 2. The molecule has 7 nitrogen and oxygen atoms in total. The smallest absolute Gasteiger partial charge is 0.344 e. The van der Waals surface area contributed by atoms with Crippen LogP contribution in [0.1, 0.15) is 46.6 Å². The molecule has 1 heterocycles. The Labute approximate surface area is 216 Å². The largest absolute Gasteiger partial charge is 0.497 e. The second kappa shape index (κ2) is 12.5. The Morgan fingerprint density at radius 2 is 1.56 bits per heavy atom. The third-order valence-electron chi connectivity index (χ3n) is 6.98. The van der Waals surface area contributed by atoms with E-state index in [4.69, 9.17) is 23.1 Å². The minimum Gasteiger partial charge on any atom is -0.497 e. The maximum absolute atomic E-state index is 11.5. The van der Waals surface area contributed by atoms with Gasteiger partial charge in [0.15, 0.2) is 0 Å². The van der Waals surface area contributed by atoms with E-state index in [-0.39, 0.29) is 30.7 Å². The van der Waals surface area contributed by atoms with Crippen LogP contribution in [0.2, 0.25) is 11.1 Å². The average molecular weight is 519 g/mol. The van der Waals surface area contributed by atoms with E-state index < -0.39 is 32.5 Å². The van der Waals surface area contributed by atoms with Gasteiger partial charge in [0.05, 0.1) is 32.5 Å². The van der Waals surface area contributed by atoms with Crippen LogP contribution in [-0.4, -0.2) is 63.0 Å². The standard InChI is InChI=1S/C28H42O7Si/c1-20(2)36(21(3)4)34-25(18-33-24-14-12-23(31-6)13-15-24)16-26(29)28(5,30)27(35-36)19-32-17-22-10-8-7-9-11-22/h7-15,20-21,25-27,29-30H,16-19H2,1-6H3/t25-,26-,27+,28-/m0/s1. The highest BCUT2D eigenvalue weighted by atomic mass is 28.4. The zero-order valence-corrected chi connectivity index (χ0v) is 23.3. The van der Waals surface area contributed by atoms with E-state index in [2.05, 4.69) is 27.7 Å². The van der Waals surface area contributed by atoms with Crippen molar-refractivity contribution in [3.63, 3.8) is 0 Å². The quantitative estimate of drug-likeness (QED) is 0.435. The van der Waals surface area contributed by atoms with Crippen LogP contribution < -0.4 is 9.47 Å². The first-order chi connectivity index (χ1) is 17.1. The van der Waals surface area contributed by atoms with Gasteiger partial charge in [-0.15, -0.1) is 0 Å². The van der Waals surface area contributed by atoms with Crippen LogP contribution in [0.25, 0.3) is 0 Å². The molecule has 1 saturated heterocycles. The lowest BCUT2D eigenvalue weighted by Gasteiger charge is -2.49. The molecule has 0 bridgehead atoms. The molecule has 1 fully saturated rings. The summed E-state index contributed by atoms with van der Waals surface area (Å²) in [5.41, 5.74) is -0.292. The summed E-state index contributed by atoms with van der Waals surface area (Å²) in [5.74, 6) is 1.42. The molecule has 0 spiro atoms. The lowest BCUT2D eigenvalue weighted by Crippen LogP contribution is -2.64. The summed E-state index contributed by atoms with van der Waals surface area (Å²) >= 11 is 0. The van der Waals surface area contributed by atoms with Gasteiger partial charge in [-0.1, -0.05) is 58.0 Å². The molecule has 0 unspecified atom stereocenters. The molecule has 2 N–H and O–H groups in total. The number of rotatable bonds is 10. The fourth-order valence-electron chi connectivity index (χ4n) is 4.62. The van der Waals surface area contributed by atoms with Crippen LogP contribution in [0.3, 0.4) is 0 Å². The number of benzene rings is 2. The minimum absolute atomic E-state index is 0.101. The molecule has 0 amide bonds. The van der Waals surface area contributed by atoms with Crippen LogP contribution in [0.5, 0.6) is 11.5 Å². The predicted molar refractivity (Wildman–Crippen MR) is 142 cm³/mol. The van der Waals surface area contributed by atoms with Crippen molar-refractivity contribution in [2.24, 2.45) is 0 Å². The van der Waals surface area contributed by atoms with Gasteiger partial charge in [0.2, 0.25) is 0 Å². The minimum atomic E-state index is -2.90. The molecule has 1 aliphatic heterocycles. The number of aliphatic hydroxyl groups is 2. The van der Waals surface area contributed by atoms with Gasteiger partial charge < -0.3 is 33.3 Å².